The lowest BCUT2D eigenvalue weighted by Gasteiger charge is -2.28. The van der Waals surface area contributed by atoms with Gasteiger partial charge in [0.05, 0.1) is 11.1 Å². The third-order valence-electron chi connectivity index (χ3n) is 5.16. The molecule has 1 N–H and O–H groups in total. The molecule has 0 bridgehead atoms. The highest BCUT2D eigenvalue weighted by Crippen LogP contribution is 2.44. The molecule has 1 amide bonds. The average Bonchev–Trinajstić information content (AvgIpc) is 3.02. The lowest BCUT2D eigenvalue weighted by Crippen LogP contribution is -2.29. The van der Waals surface area contributed by atoms with Gasteiger partial charge < -0.3 is 10.0 Å². The van der Waals surface area contributed by atoms with Gasteiger partial charge in [-0.15, -0.1) is 11.8 Å². The lowest BCUT2D eigenvalue weighted by molar-refractivity contribution is -0.130. The van der Waals surface area contributed by atoms with Crippen LogP contribution in [0.1, 0.15) is 22.7 Å². The second-order valence-electron chi connectivity index (χ2n) is 6.99. The first-order valence-electron chi connectivity index (χ1n) is 9.37. The van der Waals surface area contributed by atoms with E-state index in [1.165, 1.54) is 12.1 Å². The zero-order chi connectivity index (χ0) is 21.3. The number of aliphatic hydroxyl groups is 1. The molecule has 1 heterocycles. The molecule has 152 valence electrons. The van der Waals surface area contributed by atoms with E-state index in [0.29, 0.717) is 17.7 Å². The highest BCUT2D eigenvalue weighted by molar-refractivity contribution is 7.98. The molecule has 1 aliphatic rings. The molecule has 0 radical (unpaired) electrons. The Hall–Kier alpha value is -2.76. The summed E-state index contributed by atoms with van der Waals surface area (Å²) in [5.41, 5.74) is 2.79. The van der Waals surface area contributed by atoms with E-state index in [2.05, 4.69) is 0 Å². The van der Waals surface area contributed by atoms with Crippen LogP contribution in [-0.4, -0.2) is 22.2 Å². The van der Waals surface area contributed by atoms with Gasteiger partial charge in [0.15, 0.2) is 5.76 Å². The number of halogens is 2. The number of hydrogen-bond acceptors (Lipinski definition) is 3. The number of aliphatic hydroxyl groups excluding tert-OH is 1. The first-order valence-corrected chi connectivity index (χ1v) is 11.0. The van der Waals surface area contributed by atoms with Crippen molar-refractivity contribution in [3.8, 4) is 0 Å². The van der Waals surface area contributed by atoms with Crippen molar-refractivity contribution in [2.45, 2.75) is 17.5 Å². The van der Waals surface area contributed by atoms with Crippen molar-refractivity contribution < 1.29 is 14.3 Å². The third-order valence-corrected chi connectivity index (χ3v) is 6.19. The number of nitrogens with zero attached hydrogens (tertiary/aromatic N) is 1. The standard InChI is InChI=1S/C24H19ClFNO2S/c1-30-18-10-7-15(8-11-18)14-27-22(17-9-12-20(26)19(25)13-17)21(23(28)24(27)29)16-5-3-2-4-6-16/h2-13,22,28H,14H2,1H3/t22-/m1/s1. The summed E-state index contributed by atoms with van der Waals surface area (Å²) in [7, 11) is 0. The molecule has 4 rings (SSSR count). The summed E-state index contributed by atoms with van der Waals surface area (Å²) in [6.07, 6.45) is 2.00. The van der Waals surface area contributed by atoms with E-state index in [1.54, 1.807) is 22.7 Å². The Bertz CT molecular complexity index is 1120. The molecule has 0 fully saturated rings. The molecule has 1 atom stereocenters. The van der Waals surface area contributed by atoms with E-state index in [1.807, 2.05) is 60.9 Å². The SMILES string of the molecule is CSc1ccc(CN2C(=O)C(O)=C(c3ccccc3)[C@H]2c2ccc(F)c(Cl)c2)cc1. The largest absolute Gasteiger partial charge is 0.503 e. The number of carbonyl (C=O) groups excluding carboxylic acids is 1. The van der Waals surface area contributed by atoms with Crippen LogP contribution < -0.4 is 0 Å². The Balaban J connectivity index is 1.79. The molecule has 0 aromatic heterocycles. The van der Waals surface area contributed by atoms with Gasteiger partial charge in [0.1, 0.15) is 5.82 Å². The second-order valence-corrected chi connectivity index (χ2v) is 8.27. The summed E-state index contributed by atoms with van der Waals surface area (Å²) >= 11 is 7.68. The molecule has 3 aromatic rings. The van der Waals surface area contributed by atoms with Crippen LogP contribution in [0.3, 0.4) is 0 Å². The van der Waals surface area contributed by atoms with Gasteiger partial charge >= 0.3 is 0 Å². The van der Waals surface area contributed by atoms with Gasteiger partial charge in [-0.2, -0.15) is 0 Å². The number of amides is 1. The van der Waals surface area contributed by atoms with Gasteiger partial charge in [0, 0.05) is 17.0 Å². The Morgan fingerprint density at radius 2 is 1.77 bits per heavy atom. The summed E-state index contributed by atoms with van der Waals surface area (Å²) in [4.78, 5) is 15.8. The van der Waals surface area contributed by atoms with Crippen molar-refractivity contribution in [2.75, 3.05) is 6.26 Å². The quantitative estimate of drug-likeness (QED) is 0.477. The van der Waals surface area contributed by atoms with E-state index in [0.717, 1.165) is 16.0 Å². The maximum Gasteiger partial charge on any atom is 0.290 e. The topological polar surface area (TPSA) is 40.5 Å². The van der Waals surface area contributed by atoms with Gasteiger partial charge in [0.25, 0.3) is 5.91 Å². The predicted octanol–water partition coefficient (Wildman–Crippen LogP) is 6.25. The molecule has 30 heavy (non-hydrogen) atoms. The van der Waals surface area contributed by atoms with E-state index < -0.39 is 17.8 Å². The van der Waals surface area contributed by atoms with Crippen LogP contribution in [-0.2, 0) is 11.3 Å². The maximum absolute atomic E-state index is 13.8. The van der Waals surface area contributed by atoms with Crippen LogP contribution in [0, 0.1) is 5.82 Å². The van der Waals surface area contributed by atoms with E-state index in [4.69, 9.17) is 11.6 Å². The molecule has 0 aliphatic carbocycles. The number of hydrogen-bond donors (Lipinski definition) is 1. The van der Waals surface area contributed by atoms with Crippen molar-refractivity contribution in [1.82, 2.24) is 4.90 Å². The second kappa shape index (κ2) is 8.54. The zero-order valence-electron chi connectivity index (χ0n) is 16.2. The smallest absolute Gasteiger partial charge is 0.290 e. The van der Waals surface area contributed by atoms with Gasteiger partial charge in [-0.05, 0) is 47.2 Å². The number of thioether (sulfide) groups is 1. The van der Waals surface area contributed by atoms with Crippen LogP contribution in [0.2, 0.25) is 5.02 Å². The summed E-state index contributed by atoms with van der Waals surface area (Å²) in [5, 5.41) is 10.8. The Morgan fingerprint density at radius 1 is 1.07 bits per heavy atom. The molecule has 0 saturated heterocycles. The summed E-state index contributed by atoms with van der Waals surface area (Å²) in [5.74, 6) is -1.29. The minimum absolute atomic E-state index is 0.0250. The molecule has 0 saturated carbocycles. The van der Waals surface area contributed by atoms with Crippen molar-refractivity contribution in [3.05, 3.63) is 106 Å². The monoisotopic (exact) mass is 439 g/mol. The molecule has 1 aliphatic heterocycles. The van der Waals surface area contributed by atoms with Gasteiger partial charge in [-0.25, -0.2) is 4.39 Å². The average molecular weight is 440 g/mol. The molecule has 0 spiro atoms. The molecule has 3 nitrogen and oxygen atoms in total. The predicted molar refractivity (Wildman–Crippen MR) is 119 cm³/mol. The Kier molecular flexibility index (Phi) is 5.84. The van der Waals surface area contributed by atoms with E-state index in [9.17, 15) is 14.3 Å². The minimum Gasteiger partial charge on any atom is -0.503 e. The van der Waals surface area contributed by atoms with E-state index >= 15 is 0 Å². The number of carbonyl (C=O) groups is 1. The van der Waals surface area contributed by atoms with Gasteiger partial charge in [-0.1, -0.05) is 60.1 Å². The fraction of sp³-hybridized carbons (Fsp3) is 0.125. The molecular weight excluding hydrogens is 421 g/mol. The first kappa shape index (κ1) is 20.5. The first-order chi connectivity index (χ1) is 14.5. The number of rotatable bonds is 5. The third kappa shape index (κ3) is 3.83. The fourth-order valence-electron chi connectivity index (χ4n) is 3.69. The van der Waals surface area contributed by atoms with Crippen LogP contribution in [0.15, 0.2) is 83.5 Å². The van der Waals surface area contributed by atoms with Crippen LogP contribution >= 0.6 is 23.4 Å². The maximum atomic E-state index is 13.8. The molecule has 3 aromatic carbocycles. The van der Waals surface area contributed by atoms with Crippen molar-refractivity contribution in [2.24, 2.45) is 0 Å². The van der Waals surface area contributed by atoms with Crippen LogP contribution in [0.4, 0.5) is 4.39 Å². The lowest BCUT2D eigenvalue weighted by atomic mass is 9.93. The molecule has 0 unspecified atom stereocenters. The van der Waals surface area contributed by atoms with Crippen molar-refractivity contribution in [1.29, 1.82) is 0 Å². The minimum atomic E-state index is -0.585. The van der Waals surface area contributed by atoms with Gasteiger partial charge in [-0.3, -0.25) is 4.79 Å². The highest BCUT2D eigenvalue weighted by atomic mass is 35.5. The van der Waals surface area contributed by atoms with Crippen molar-refractivity contribution >= 4 is 34.8 Å². The Labute approximate surface area is 183 Å². The molecular formula is C24H19ClFNO2S. The zero-order valence-corrected chi connectivity index (χ0v) is 17.8. The summed E-state index contributed by atoms with van der Waals surface area (Å²) < 4.78 is 13.8. The summed E-state index contributed by atoms with van der Waals surface area (Å²) in [6, 6.07) is 21.0. The molecule has 6 heteroatoms. The summed E-state index contributed by atoms with van der Waals surface area (Å²) in [6.45, 7) is 0.299. The fourth-order valence-corrected chi connectivity index (χ4v) is 4.28. The normalized spacial score (nSPS) is 16.4. The highest BCUT2D eigenvalue weighted by Gasteiger charge is 2.41. The van der Waals surface area contributed by atoms with Crippen LogP contribution in [0.25, 0.3) is 5.57 Å². The van der Waals surface area contributed by atoms with E-state index in [-0.39, 0.29) is 10.8 Å². The van der Waals surface area contributed by atoms with Crippen LogP contribution in [0.5, 0.6) is 0 Å². The van der Waals surface area contributed by atoms with Crippen molar-refractivity contribution in [3.63, 3.8) is 0 Å². The number of benzene rings is 3. The van der Waals surface area contributed by atoms with Gasteiger partial charge in [0.2, 0.25) is 0 Å². The Morgan fingerprint density at radius 3 is 2.40 bits per heavy atom.